The molecule has 0 fully saturated rings. The van der Waals surface area contributed by atoms with Crippen LogP contribution in [0.5, 0.6) is 0 Å². The van der Waals surface area contributed by atoms with Crippen LogP contribution in [0.1, 0.15) is 30.0 Å². The van der Waals surface area contributed by atoms with Crippen molar-refractivity contribution in [2.75, 3.05) is 0 Å². The smallest absolute Gasteiger partial charge is 0.128 e. The van der Waals surface area contributed by atoms with Gasteiger partial charge in [-0.05, 0) is 43.0 Å². The SMILES string of the molecule is NC(CCCc1ccccc1)c1cc(Br)ccc1F. The Labute approximate surface area is 121 Å². The van der Waals surface area contributed by atoms with Crippen LogP contribution in [0, 0.1) is 5.82 Å². The molecule has 0 aliphatic rings. The minimum absolute atomic E-state index is 0.226. The minimum Gasteiger partial charge on any atom is -0.324 e. The number of hydrogen-bond donors (Lipinski definition) is 1. The number of nitrogens with two attached hydrogens (primary N) is 1. The summed E-state index contributed by atoms with van der Waals surface area (Å²) in [6.45, 7) is 0. The molecular weight excluding hydrogens is 305 g/mol. The number of rotatable bonds is 5. The van der Waals surface area contributed by atoms with E-state index in [4.69, 9.17) is 5.73 Å². The Hall–Kier alpha value is -1.19. The molecule has 1 atom stereocenters. The van der Waals surface area contributed by atoms with Crippen molar-refractivity contribution in [2.45, 2.75) is 25.3 Å². The Morgan fingerprint density at radius 2 is 1.84 bits per heavy atom. The van der Waals surface area contributed by atoms with Crippen molar-refractivity contribution in [3.8, 4) is 0 Å². The average Bonchev–Trinajstić information content (AvgIpc) is 2.42. The lowest BCUT2D eigenvalue weighted by atomic mass is 9.99. The fraction of sp³-hybridized carbons (Fsp3) is 0.250. The van der Waals surface area contributed by atoms with E-state index < -0.39 is 0 Å². The van der Waals surface area contributed by atoms with E-state index in [9.17, 15) is 4.39 Å². The fourth-order valence-electron chi connectivity index (χ4n) is 2.13. The fourth-order valence-corrected chi connectivity index (χ4v) is 2.50. The lowest BCUT2D eigenvalue weighted by Crippen LogP contribution is -2.12. The molecule has 1 unspecified atom stereocenters. The van der Waals surface area contributed by atoms with Gasteiger partial charge in [0.1, 0.15) is 5.82 Å². The van der Waals surface area contributed by atoms with Gasteiger partial charge in [0.05, 0.1) is 0 Å². The van der Waals surface area contributed by atoms with Crippen molar-refractivity contribution in [3.05, 3.63) is 69.9 Å². The molecule has 0 spiro atoms. The molecule has 19 heavy (non-hydrogen) atoms. The molecule has 0 aromatic heterocycles. The number of halogens is 2. The standard InChI is InChI=1S/C16H17BrFN/c17-13-9-10-15(18)14(11-13)16(19)8-4-7-12-5-2-1-3-6-12/h1-3,5-6,9-11,16H,4,7-8,19H2. The average molecular weight is 322 g/mol. The third kappa shape index (κ3) is 4.15. The van der Waals surface area contributed by atoms with Gasteiger partial charge < -0.3 is 5.73 Å². The lowest BCUT2D eigenvalue weighted by molar-refractivity contribution is 0.550. The van der Waals surface area contributed by atoms with E-state index in [-0.39, 0.29) is 11.9 Å². The molecule has 2 aromatic rings. The molecule has 0 saturated carbocycles. The highest BCUT2D eigenvalue weighted by Gasteiger charge is 2.11. The summed E-state index contributed by atoms with van der Waals surface area (Å²) in [6.07, 6.45) is 2.71. The molecule has 0 bridgehead atoms. The van der Waals surface area contributed by atoms with E-state index >= 15 is 0 Å². The van der Waals surface area contributed by atoms with Crippen molar-refractivity contribution in [3.63, 3.8) is 0 Å². The molecule has 0 radical (unpaired) electrons. The zero-order valence-electron chi connectivity index (χ0n) is 10.7. The first-order valence-corrected chi connectivity index (χ1v) is 7.20. The monoisotopic (exact) mass is 321 g/mol. The van der Waals surface area contributed by atoms with Gasteiger partial charge in [-0.2, -0.15) is 0 Å². The summed E-state index contributed by atoms with van der Waals surface area (Å²) in [5.74, 6) is -0.226. The maximum absolute atomic E-state index is 13.7. The first kappa shape index (κ1) is 14.2. The van der Waals surface area contributed by atoms with Crippen LogP contribution in [0.25, 0.3) is 0 Å². The van der Waals surface area contributed by atoms with Gasteiger partial charge in [-0.1, -0.05) is 46.3 Å². The van der Waals surface area contributed by atoms with Crippen LogP contribution in [0.4, 0.5) is 4.39 Å². The van der Waals surface area contributed by atoms with Crippen molar-refractivity contribution in [2.24, 2.45) is 5.73 Å². The molecule has 2 N–H and O–H groups in total. The third-order valence-electron chi connectivity index (χ3n) is 3.18. The van der Waals surface area contributed by atoms with E-state index in [1.807, 2.05) is 18.2 Å². The zero-order valence-corrected chi connectivity index (χ0v) is 12.2. The second-order valence-corrected chi connectivity index (χ2v) is 5.57. The first-order chi connectivity index (χ1) is 9.16. The van der Waals surface area contributed by atoms with Crippen LogP contribution in [-0.4, -0.2) is 0 Å². The van der Waals surface area contributed by atoms with Gasteiger partial charge in [-0.25, -0.2) is 4.39 Å². The molecule has 2 aromatic carbocycles. The predicted octanol–water partition coefficient (Wildman–Crippen LogP) is 4.61. The molecule has 0 amide bonds. The summed E-state index contributed by atoms with van der Waals surface area (Å²) in [7, 11) is 0. The van der Waals surface area contributed by atoms with E-state index in [1.165, 1.54) is 11.6 Å². The highest BCUT2D eigenvalue weighted by Crippen LogP contribution is 2.23. The maximum Gasteiger partial charge on any atom is 0.128 e. The van der Waals surface area contributed by atoms with Crippen molar-refractivity contribution < 1.29 is 4.39 Å². The summed E-state index contributed by atoms with van der Waals surface area (Å²) < 4.78 is 14.5. The normalized spacial score (nSPS) is 12.4. The third-order valence-corrected chi connectivity index (χ3v) is 3.67. The highest BCUT2D eigenvalue weighted by atomic mass is 79.9. The predicted molar refractivity (Wildman–Crippen MR) is 80.4 cm³/mol. The van der Waals surface area contributed by atoms with Crippen LogP contribution < -0.4 is 5.73 Å². The van der Waals surface area contributed by atoms with Crippen LogP contribution in [0.2, 0.25) is 0 Å². The molecule has 100 valence electrons. The number of hydrogen-bond acceptors (Lipinski definition) is 1. The lowest BCUT2D eigenvalue weighted by Gasteiger charge is -2.13. The Morgan fingerprint density at radius 1 is 1.11 bits per heavy atom. The van der Waals surface area contributed by atoms with Crippen molar-refractivity contribution in [1.82, 2.24) is 0 Å². The van der Waals surface area contributed by atoms with Gasteiger partial charge in [0, 0.05) is 16.1 Å². The quantitative estimate of drug-likeness (QED) is 0.855. The minimum atomic E-state index is -0.249. The topological polar surface area (TPSA) is 26.0 Å². The van der Waals surface area contributed by atoms with E-state index in [0.717, 1.165) is 23.7 Å². The van der Waals surface area contributed by atoms with E-state index in [0.29, 0.717) is 5.56 Å². The van der Waals surface area contributed by atoms with E-state index in [2.05, 4.69) is 28.1 Å². The van der Waals surface area contributed by atoms with Gasteiger partial charge >= 0.3 is 0 Å². The molecular formula is C16H17BrFN. The maximum atomic E-state index is 13.7. The van der Waals surface area contributed by atoms with Crippen LogP contribution in [0.3, 0.4) is 0 Å². The summed E-state index contributed by atoms with van der Waals surface area (Å²) in [5, 5.41) is 0. The molecule has 2 rings (SSSR count). The van der Waals surface area contributed by atoms with Crippen LogP contribution >= 0.6 is 15.9 Å². The van der Waals surface area contributed by atoms with Gasteiger partial charge in [0.25, 0.3) is 0 Å². The number of aryl methyl sites for hydroxylation is 1. The van der Waals surface area contributed by atoms with E-state index in [1.54, 1.807) is 12.1 Å². The van der Waals surface area contributed by atoms with Crippen LogP contribution in [-0.2, 0) is 6.42 Å². The zero-order chi connectivity index (χ0) is 13.7. The Bertz CT molecular complexity index is 528. The largest absolute Gasteiger partial charge is 0.324 e. The summed E-state index contributed by atoms with van der Waals surface area (Å²) in [6, 6.07) is 14.9. The molecule has 0 aliphatic carbocycles. The van der Waals surface area contributed by atoms with Gasteiger partial charge in [0.2, 0.25) is 0 Å². The second-order valence-electron chi connectivity index (χ2n) is 4.65. The molecule has 0 aliphatic heterocycles. The Morgan fingerprint density at radius 3 is 2.58 bits per heavy atom. The Balaban J connectivity index is 1.91. The summed E-state index contributed by atoms with van der Waals surface area (Å²) in [4.78, 5) is 0. The Kier molecular flexibility index (Phi) is 5.11. The first-order valence-electron chi connectivity index (χ1n) is 6.41. The van der Waals surface area contributed by atoms with Crippen LogP contribution in [0.15, 0.2) is 53.0 Å². The van der Waals surface area contributed by atoms with Gasteiger partial charge in [0.15, 0.2) is 0 Å². The molecule has 3 heteroatoms. The second kappa shape index (κ2) is 6.83. The highest BCUT2D eigenvalue weighted by molar-refractivity contribution is 9.10. The molecule has 0 heterocycles. The summed E-state index contributed by atoms with van der Waals surface area (Å²) in [5.41, 5.74) is 7.95. The van der Waals surface area contributed by atoms with Gasteiger partial charge in [-0.15, -0.1) is 0 Å². The summed E-state index contributed by atoms with van der Waals surface area (Å²) >= 11 is 3.35. The van der Waals surface area contributed by atoms with Crippen molar-refractivity contribution in [1.29, 1.82) is 0 Å². The molecule has 1 nitrogen and oxygen atoms in total. The van der Waals surface area contributed by atoms with Gasteiger partial charge in [-0.3, -0.25) is 0 Å². The molecule has 0 saturated heterocycles. The number of benzene rings is 2. The van der Waals surface area contributed by atoms with Crippen molar-refractivity contribution >= 4 is 15.9 Å².